The van der Waals surface area contributed by atoms with Gasteiger partial charge in [0.25, 0.3) is 5.56 Å². The predicted molar refractivity (Wildman–Crippen MR) is 112 cm³/mol. The first kappa shape index (κ1) is 18.1. The molecular weight excluding hydrogens is 370 g/mol. The maximum absolute atomic E-state index is 13.0. The average Bonchev–Trinajstić information content (AvgIpc) is 3.07. The molecule has 2 aromatic heterocycles. The third-order valence-electron chi connectivity index (χ3n) is 4.60. The van der Waals surface area contributed by atoms with Gasteiger partial charge in [0.1, 0.15) is 11.4 Å². The van der Waals surface area contributed by atoms with Gasteiger partial charge in [0, 0.05) is 11.4 Å². The fourth-order valence-electron chi connectivity index (χ4n) is 3.14. The number of thiophene rings is 1. The summed E-state index contributed by atoms with van der Waals surface area (Å²) in [6, 6.07) is 19.6. The zero-order valence-electron chi connectivity index (χ0n) is 15.4. The Bertz CT molecular complexity index is 1180. The van der Waals surface area contributed by atoms with E-state index in [0.717, 1.165) is 21.6 Å². The number of aromatic nitrogens is 2. The Morgan fingerprint density at radius 1 is 1.07 bits per heavy atom. The summed E-state index contributed by atoms with van der Waals surface area (Å²) in [5, 5.41) is 3.43. The Hall–Kier alpha value is -3.25. The number of benzene rings is 2. The van der Waals surface area contributed by atoms with Gasteiger partial charge >= 0.3 is 0 Å². The highest BCUT2D eigenvalue weighted by Gasteiger charge is 2.16. The molecule has 0 unspecified atom stereocenters. The normalized spacial score (nSPS) is 10.9. The summed E-state index contributed by atoms with van der Waals surface area (Å²) >= 11 is 1.50. The van der Waals surface area contributed by atoms with Crippen LogP contribution < -0.4 is 10.9 Å². The number of carbonyl (C=O) groups is 1. The van der Waals surface area contributed by atoms with Gasteiger partial charge in [-0.25, -0.2) is 4.98 Å². The van der Waals surface area contributed by atoms with Crippen molar-refractivity contribution in [2.75, 3.05) is 0 Å². The van der Waals surface area contributed by atoms with Crippen molar-refractivity contribution < 1.29 is 4.79 Å². The number of nitrogens with zero attached hydrogens (tertiary/aromatic N) is 2. The first-order chi connectivity index (χ1) is 13.6. The molecule has 0 saturated heterocycles. The van der Waals surface area contributed by atoms with E-state index >= 15 is 0 Å². The molecule has 28 heavy (non-hydrogen) atoms. The van der Waals surface area contributed by atoms with Crippen molar-refractivity contribution in [3.05, 3.63) is 88.5 Å². The van der Waals surface area contributed by atoms with E-state index in [1.165, 1.54) is 22.2 Å². The predicted octanol–water partition coefficient (Wildman–Crippen LogP) is 3.75. The van der Waals surface area contributed by atoms with Gasteiger partial charge in [0.2, 0.25) is 5.91 Å². The van der Waals surface area contributed by atoms with Crippen molar-refractivity contribution in [2.45, 2.75) is 20.0 Å². The summed E-state index contributed by atoms with van der Waals surface area (Å²) in [6.45, 7) is 2.31. The molecule has 4 rings (SSSR count). The SMILES string of the molecule is Cc1c(-c2ccccc2)sc2ncn(CC(=O)NCc3ccccc3)c(=O)c12. The minimum absolute atomic E-state index is 0.0510. The summed E-state index contributed by atoms with van der Waals surface area (Å²) in [7, 11) is 0. The second-order valence-corrected chi connectivity index (χ2v) is 7.54. The van der Waals surface area contributed by atoms with Crippen LogP contribution in [0.15, 0.2) is 71.8 Å². The smallest absolute Gasteiger partial charge is 0.262 e. The second kappa shape index (κ2) is 7.78. The van der Waals surface area contributed by atoms with E-state index in [0.29, 0.717) is 16.8 Å². The van der Waals surface area contributed by atoms with Crippen LogP contribution in [0.2, 0.25) is 0 Å². The molecule has 0 bridgehead atoms. The van der Waals surface area contributed by atoms with Crippen LogP contribution in [0.25, 0.3) is 20.7 Å². The van der Waals surface area contributed by atoms with Crippen molar-refractivity contribution in [3.8, 4) is 10.4 Å². The van der Waals surface area contributed by atoms with Crippen LogP contribution in [0, 0.1) is 6.92 Å². The van der Waals surface area contributed by atoms with Crippen LogP contribution in [-0.2, 0) is 17.9 Å². The van der Waals surface area contributed by atoms with Crippen LogP contribution in [0.1, 0.15) is 11.1 Å². The zero-order valence-corrected chi connectivity index (χ0v) is 16.2. The molecule has 0 aliphatic carbocycles. The Morgan fingerprint density at radius 2 is 1.75 bits per heavy atom. The van der Waals surface area contributed by atoms with E-state index < -0.39 is 0 Å². The van der Waals surface area contributed by atoms with Gasteiger partial charge in [0.05, 0.1) is 11.7 Å². The van der Waals surface area contributed by atoms with Crippen LogP contribution in [0.3, 0.4) is 0 Å². The van der Waals surface area contributed by atoms with Crippen molar-refractivity contribution in [1.29, 1.82) is 0 Å². The number of rotatable bonds is 5. The Labute approximate surface area is 166 Å². The molecule has 5 nitrogen and oxygen atoms in total. The Morgan fingerprint density at radius 3 is 2.46 bits per heavy atom. The fraction of sp³-hybridized carbons (Fsp3) is 0.136. The van der Waals surface area contributed by atoms with Crippen molar-refractivity contribution in [1.82, 2.24) is 14.9 Å². The lowest BCUT2D eigenvalue weighted by atomic mass is 10.1. The van der Waals surface area contributed by atoms with E-state index in [9.17, 15) is 9.59 Å². The summed E-state index contributed by atoms with van der Waals surface area (Å²) in [4.78, 5) is 31.4. The minimum Gasteiger partial charge on any atom is -0.350 e. The lowest BCUT2D eigenvalue weighted by molar-refractivity contribution is -0.121. The lowest BCUT2D eigenvalue weighted by Crippen LogP contribution is -2.32. The third kappa shape index (κ3) is 3.59. The molecule has 2 heterocycles. The fourth-order valence-corrected chi connectivity index (χ4v) is 4.29. The summed E-state index contributed by atoms with van der Waals surface area (Å²) in [5.74, 6) is -0.219. The highest BCUT2D eigenvalue weighted by molar-refractivity contribution is 7.22. The summed E-state index contributed by atoms with van der Waals surface area (Å²) < 4.78 is 1.37. The molecule has 1 N–H and O–H groups in total. The number of carbonyl (C=O) groups excluding carboxylic acids is 1. The number of nitrogens with one attached hydrogen (secondary N) is 1. The first-order valence-corrected chi connectivity index (χ1v) is 9.79. The molecule has 0 saturated carbocycles. The number of hydrogen-bond donors (Lipinski definition) is 1. The molecule has 0 fully saturated rings. The van der Waals surface area contributed by atoms with Crippen molar-refractivity contribution >= 4 is 27.5 Å². The number of aryl methyl sites for hydroxylation is 1. The van der Waals surface area contributed by atoms with Gasteiger partial charge in [-0.2, -0.15) is 0 Å². The van der Waals surface area contributed by atoms with E-state index in [1.807, 2.05) is 67.6 Å². The van der Waals surface area contributed by atoms with Crippen molar-refractivity contribution in [2.24, 2.45) is 0 Å². The highest BCUT2D eigenvalue weighted by atomic mass is 32.1. The van der Waals surface area contributed by atoms with Crippen LogP contribution in [-0.4, -0.2) is 15.5 Å². The van der Waals surface area contributed by atoms with Gasteiger partial charge in [-0.05, 0) is 23.6 Å². The second-order valence-electron chi connectivity index (χ2n) is 6.54. The minimum atomic E-state index is -0.219. The standard InChI is InChI=1S/C22H19N3O2S/c1-15-19-21(28-20(15)17-10-6-3-7-11-17)24-14-25(22(19)27)13-18(26)23-12-16-8-4-2-5-9-16/h2-11,14H,12-13H2,1H3,(H,23,26). The van der Waals surface area contributed by atoms with E-state index in [1.54, 1.807) is 0 Å². The van der Waals surface area contributed by atoms with Crippen molar-refractivity contribution in [3.63, 3.8) is 0 Å². The van der Waals surface area contributed by atoms with E-state index in [-0.39, 0.29) is 18.0 Å². The maximum Gasteiger partial charge on any atom is 0.262 e. The number of amides is 1. The number of fused-ring (bicyclic) bond motifs is 1. The topological polar surface area (TPSA) is 64.0 Å². The summed E-state index contributed by atoms with van der Waals surface area (Å²) in [6.07, 6.45) is 1.46. The summed E-state index contributed by atoms with van der Waals surface area (Å²) in [5.41, 5.74) is 2.80. The van der Waals surface area contributed by atoms with Crippen LogP contribution in [0.5, 0.6) is 0 Å². The molecule has 4 aromatic rings. The molecule has 0 spiro atoms. The van der Waals surface area contributed by atoms with Gasteiger partial charge in [-0.1, -0.05) is 60.7 Å². The molecule has 2 aromatic carbocycles. The van der Waals surface area contributed by atoms with Gasteiger partial charge < -0.3 is 5.32 Å². The Kier molecular flexibility index (Phi) is 5.04. The van der Waals surface area contributed by atoms with Crippen LogP contribution in [0.4, 0.5) is 0 Å². The third-order valence-corrected chi connectivity index (χ3v) is 5.85. The lowest BCUT2D eigenvalue weighted by Gasteiger charge is -2.07. The molecule has 1 amide bonds. The largest absolute Gasteiger partial charge is 0.350 e. The molecule has 0 aliphatic heterocycles. The molecule has 0 atom stereocenters. The quantitative estimate of drug-likeness (QED) is 0.565. The van der Waals surface area contributed by atoms with Gasteiger partial charge in [-0.3, -0.25) is 14.2 Å². The average molecular weight is 389 g/mol. The first-order valence-electron chi connectivity index (χ1n) is 8.98. The highest BCUT2D eigenvalue weighted by Crippen LogP contribution is 2.35. The number of hydrogen-bond acceptors (Lipinski definition) is 4. The molecule has 6 heteroatoms. The zero-order chi connectivity index (χ0) is 19.5. The van der Waals surface area contributed by atoms with E-state index in [2.05, 4.69) is 10.3 Å². The monoisotopic (exact) mass is 389 g/mol. The van der Waals surface area contributed by atoms with Gasteiger partial charge in [-0.15, -0.1) is 11.3 Å². The van der Waals surface area contributed by atoms with Crippen LogP contribution >= 0.6 is 11.3 Å². The molecule has 0 radical (unpaired) electrons. The molecule has 140 valence electrons. The molecular formula is C22H19N3O2S. The Balaban J connectivity index is 1.58. The maximum atomic E-state index is 13.0. The van der Waals surface area contributed by atoms with Gasteiger partial charge in [0.15, 0.2) is 0 Å². The van der Waals surface area contributed by atoms with E-state index in [4.69, 9.17) is 0 Å². The molecule has 0 aliphatic rings.